The van der Waals surface area contributed by atoms with Crippen molar-refractivity contribution in [1.82, 2.24) is 20.1 Å². The number of piperidine rings is 2. The quantitative estimate of drug-likeness (QED) is 0.826. The summed E-state index contributed by atoms with van der Waals surface area (Å²) in [6.45, 7) is 7.39. The highest BCUT2D eigenvalue weighted by Gasteiger charge is 2.41. The minimum absolute atomic E-state index is 0.252. The minimum atomic E-state index is 0.252. The Bertz CT molecular complexity index is 603. The van der Waals surface area contributed by atoms with Gasteiger partial charge in [0.25, 0.3) is 0 Å². The van der Waals surface area contributed by atoms with E-state index in [-0.39, 0.29) is 6.10 Å². The number of aromatic nitrogens is 2. The van der Waals surface area contributed by atoms with Crippen molar-refractivity contribution >= 4 is 5.91 Å². The molecule has 0 saturated carbocycles. The molecular formula is C18H28N4O3. The Morgan fingerprint density at radius 3 is 2.76 bits per heavy atom. The molecule has 0 radical (unpaired) electrons. The lowest BCUT2D eigenvalue weighted by Gasteiger charge is -2.47. The Morgan fingerprint density at radius 1 is 1.24 bits per heavy atom. The number of hydrogen-bond acceptors (Lipinski definition) is 6. The number of nitrogens with zero attached hydrogens (tertiary/aromatic N) is 4. The van der Waals surface area contributed by atoms with Gasteiger partial charge in [-0.3, -0.25) is 9.69 Å². The Hall–Kier alpha value is -1.47. The number of ether oxygens (including phenoxy) is 1. The number of carbonyl (C=O) groups is 1. The molecule has 7 nitrogen and oxygen atoms in total. The van der Waals surface area contributed by atoms with E-state index in [0.717, 1.165) is 82.8 Å². The number of rotatable bonds is 4. The van der Waals surface area contributed by atoms with Crippen LogP contribution in [0.3, 0.4) is 0 Å². The van der Waals surface area contributed by atoms with Crippen molar-refractivity contribution in [2.24, 2.45) is 5.41 Å². The summed E-state index contributed by atoms with van der Waals surface area (Å²) in [5.41, 5.74) is 2.11. The van der Waals surface area contributed by atoms with Gasteiger partial charge in [-0.15, -0.1) is 0 Å². The van der Waals surface area contributed by atoms with E-state index < -0.39 is 0 Å². The summed E-state index contributed by atoms with van der Waals surface area (Å²) in [6.07, 6.45) is 6.49. The van der Waals surface area contributed by atoms with Crippen LogP contribution in [0.1, 0.15) is 49.9 Å². The maximum absolute atomic E-state index is 12.4. The second kappa shape index (κ2) is 7.03. The molecule has 1 spiro atoms. The summed E-state index contributed by atoms with van der Waals surface area (Å²) in [5.74, 6) is 0.313. The largest absolute Gasteiger partial charge is 0.376 e. The van der Waals surface area contributed by atoms with Crippen molar-refractivity contribution in [2.45, 2.75) is 58.1 Å². The first-order chi connectivity index (χ1) is 12.1. The monoisotopic (exact) mass is 348 g/mol. The van der Waals surface area contributed by atoms with Gasteiger partial charge in [0.2, 0.25) is 5.91 Å². The van der Waals surface area contributed by atoms with E-state index in [2.05, 4.69) is 20.1 Å². The Kier molecular flexibility index (Phi) is 4.78. The third-order valence-corrected chi connectivity index (χ3v) is 6.23. The highest BCUT2D eigenvalue weighted by Crippen LogP contribution is 2.40. The smallest absolute Gasteiger partial charge is 0.222 e. The predicted molar refractivity (Wildman–Crippen MR) is 90.8 cm³/mol. The number of carbonyl (C=O) groups excluding carboxylic acids is 1. The lowest BCUT2D eigenvalue weighted by atomic mass is 9.72. The van der Waals surface area contributed by atoms with Crippen LogP contribution in [0.4, 0.5) is 0 Å². The third-order valence-electron chi connectivity index (χ3n) is 6.23. The van der Waals surface area contributed by atoms with E-state index in [1.54, 1.807) is 0 Å². The summed E-state index contributed by atoms with van der Waals surface area (Å²) < 4.78 is 10.5. The molecule has 1 atom stereocenters. The molecule has 3 saturated heterocycles. The Morgan fingerprint density at radius 2 is 2.08 bits per heavy atom. The standard InChI is InChI=1S/C18H28N4O3/c1-14-16(20-25-19-14)12-21-8-6-18(7-9-21)5-4-17(23)22(13-18)11-15-3-2-10-24-15/h15H,2-13H2,1H3. The van der Waals surface area contributed by atoms with Crippen molar-refractivity contribution in [3.8, 4) is 0 Å². The van der Waals surface area contributed by atoms with Gasteiger partial charge in [0.1, 0.15) is 11.4 Å². The fourth-order valence-corrected chi connectivity index (χ4v) is 4.50. The van der Waals surface area contributed by atoms with Crippen LogP contribution in [0.2, 0.25) is 0 Å². The van der Waals surface area contributed by atoms with Crippen molar-refractivity contribution < 1.29 is 14.2 Å². The molecule has 0 bridgehead atoms. The molecule has 0 aromatic carbocycles. The minimum Gasteiger partial charge on any atom is -0.376 e. The molecular weight excluding hydrogens is 320 g/mol. The van der Waals surface area contributed by atoms with Crippen molar-refractivity contribution in [3.05, 3.63) is 11.4 Å². The first-order valence-corrected chi connectivity index (χ1v) is 9.53. The molecule has 1 aromatic heterocycles. The van der Waals surface area contributed by atoms with Crippen LogP contribution in [-0.4, -0.2) is 64.9 Å². The molecule has 25 heavy (non-hydrogen) atoms. The summed E-state index contributed by atoms with van der Waals surface area (Å²) in [5, 5.41) is 7.86. The molecule has 4 heterocycles. The van der Waals surface area contributed by atoms with Gasteiger partial charge >= 0.3 is 0 Å². The Labute approximate surface area is 148 Å². The highest BCUT2D eigenvalue weighted by atomic mass is 16.6. The van der Waals surface area contributed by atoms with Gasteiger partial charge in [-0.25, -0.2) is 4.63 Å². The average molecular weight is 348 g/mol. The molecule has 0 aliphatic carbocycles. The molecule has 3 aliphatic heterocycles. The summed E-state index contributed by atoms with van der Waals surface area (Å²) in [4.78, 5) is 16.9. The van der Waals surface area contributed by atoms with Gasteiger partial charge in [0.15, 0.2) is 0 Å². The van der Waals surface area contributed by atoms with E-state index in [1.165, 1.54) is 0 Å². The second-order valence-electron chi connectivity index (χ2n) is 7.98. The van der Waals surface area contributed by atoms with Crippen LogP contribution in [0.5, 0.6) is 0 Å². The summed E-state index contributed by atoms with van der Waals surface area (Å²) >= 11 is 0. The third kappa shape index (κ3) is 3.72. The summed E-state index contributed by atoms with van der Waals surface area (Å²) in [7, 11) is 0. The highest BCUT2D eigenvalue weighted by molar-refractivity contribution is 5.77. The van der Waals surface area contributed by atoms with E-state index in [1.807, 2.05) is 6.92 Å². The fourth-order valence-electron chi connectivity index (χ4n) is 4.50. The maximum Gasteiger partial charge on any atom is 0.222 e. The molecule has 1 aromatic rings. The van der Waals surface area contributed by atoms with Crippen LogP contribution in [0, 0.1) is 12.3 Å². The second-order valence-corrected chi connectivity index (χ2v) is 7.98. The number of aryl methyl sites for hydroxylation is 1. The zero-order valence-electron chi connectivity index (χ0n) is 15.1. The van der Waals surface area contributed by atoms with Crippen LogP contribution in [0.15, 0.2) is 4.63 Å². The molecule has 4 rings (SSSR count). The topological polar surface area (TPSA) is 71.7 Å². The zero-order chi connectivity index (χ0) is 17.3. The van der Waals surface area contributed by atoms with E-state index in [0.29, 0.717) is 17.7 Å². The van der Waals surface area contributed by atoms with Crippen molar-refractivity contribution in [3.63, 3.8) is 0 Å². The molecule has 0 N–H and O–H groups in total. The lowest BCUT2D eigenvalue weighted by Crippen LogP contribution is -2.52. The zero-order valence-corrected chi connectivity index (χ0v) is 15.1. The van der Waals surface area contributed by atoms with Crippen LogP contribution >= 0.6 is 0 Å². The molecule has 3 fully saturated rings. The first kappa shape index (κ1) is 17.0. The van der Waals surface area contributed by atoms with E-state index in [9.17, 15) is 4.79 Å². The normalized spacial score (nSPS) is 27.3. The van der Waals surface area contributed by atoms with Gasteiger partial charge in [-0.05, 0) is 57.5 Å². The maximum atomic E-state index is 12.4. The molecule has 3 aliphatic rings. The lowest BCUT2D eigenvalue weighted by molar-refractivity contribution is -0.141. The molecule has 1 amide bonds. The number of amides is 1. The molecule has 1 unspecified atom stereocenters. The molecule has 138 valence electrons. The average Bonchev–Trinajstić information content (AvgIpc) is 3.26. The van der Waals surface area contributed by atoms with E-state index in [4.69, 9.17) is 9.37 Å². The number of hydrogen-bond donors (Lipinski definition) is 0. The molecule has 7 heteroatoms. The predicted octanol–water partition coefficient (Wildman–Crippen LogP) is 1.76. The van der Waals surface area contributed by atoms with Gasteiger partial charge in [0, 0.05) is 32.7 Å². The van der Waals surface area contributed by atoms with Crippen molar-refractivity contribution in [2.75, 3.05) is 32.8 Å². The summed E-state index contributed by atoms with van der Waals surface area (Å²) in [6, 6.07) is 0. The van der Waals surface area contributed by atoms with Crippen molar-refractivity contribution in [1.29, 1.82) is 0 Å². The van der Waals surface area contributed by atoms with Gasteiger partial charge in [-0.1, -0.05) is 10.3 Å². The SMILES string of the molecule is Cc1nonc1CN1CCC2(CCC(=O)N(CC3CCCO3)C2)CC1. The van der Waals surface area contributed by atoms with Gasteiger partial charge in [0.05, 0.1) is 6.10 Å². The van der Waals surface area contributed by atoms with Gasteiger partial charge < -0.3 is 9.64 Å². The van der Waals surface area contributed by atoms with Crippen LogP contribution in [0.25, 0.3) is 0 Å². The van der Waals surface area contributed by atoms with Crippen LogP contribution < -0.4 is 0 Å². The van der Waals surface area contributed by atoms with E-state index >= 15 is 0 Å². The first-order valence-electron chi connectivity index (χ1n) is 9.53. The Balaban J connectivity index is 1.33. The van der Waals surface area contributed by atoms with Crippen LogP contribution in [-0.2, 0) is 16.1 Å². The number of likely N-dealkylation sites (tertiary alicyclic amines) is 2. The van der Waals surface area contributed by atoms with Gasteiger partial charge in [-0.2, -0.15) is 0 Å². The fraction of sp³-hybridized carbons (Fsp3) is 0.833.